The summed E-state index contributed by atoms with van der Waals surface area (Å²) in [6.07, 6.45) is 4.09. The lowest BCUT2D eigenvalue weighted by molar-refractivity contribution is 0.822. The van der Waals surface area contributed by atoms with Crippen LogP contribution in [0.3, 0.4) is 0 Å². The molecule has 0 atom stereocenters. The van der Waals surface area contributed by atoms with Crippen molar-refractivity contribution in [3.05, 3.63) is 52.6 Å². The summed E-state index contributed by atoms with van der Waals surface area (Å²) in [5.74, 6) is 0. The second kappa shape index (κ2) is 4.92. The van der Waals surface area contributed by atoms with Gasteiger partial charge < -0.3 is 9.88 Å². The van der Waals surface area contributed by atoms with Gasteiger partial charge in [-0.3, -0.25) is 4.98 Å². The van der Waals surface area contributed by atoms with Crippen molar-refractivity contribution in [3.63, 3.8) is 0 Å². The SMILES string of the molecule is CNCc1cccc2c1ccn2Cc1cncs1. The number of rotatable bonds is 4. The Kier molecular flexibility index (Phi) is 3.13. The van der Waals surface area contributed by atoms with Crippen LogP contribution in [0.4, 0.5) is 0 Å². The molecule has 0 radical (unpaired) electrons. The summed E-state index contributed by atoms with van der Waals surface area (Å²) in [7, 11) is 1.98. The second-order valence-corrected chi connectivity index (χ2v) is 5.26. The van der Waals surface area contributed by atoms with Crippen LogP contribution in [0.5, 0.6) is 0 Å². The molecule has 0 saturated carbocycles. The van der Waals surface area contributed by atoms with Crippen LogP contribution in [0.15, 0.2) is 42.2 Å². The first-order chi connectivity index (χ1) is 8.88. The molecule has 2 heterocycles. The van der Waals surface area contributed by atoms with Gasteiger partial charge in [-0.2, -0.15) is 0 Å². The Hall–Kier alpha value is -1.65. The second-order valence-electron chi connectivity index (χ2n) is 4.29. The van der Waals surface area contributed by atoms with E-state index < -0.39 is 0 Å². The van der Waals surface area contributed by atoms with Crippen molar-refractivity contribution < 1.29 is 0 Å². The number of aromatic nitrogens is 2. The highest BCUT2D eigenvalue weighted by Gasteiger charge is 2.05. The largest absolute Gasteiger partial charge is 0.342 e. The monoisotopic (exact) mass is 257 g/mol. The van der Waals surface area contributed by atoms with Gasteiger partial charge >= 0.3 is 0 Å². The molecule has 18 heavy (non-hydrogen) atoms. The Bertz CT molecular complexity index is 640. The highest BCUT2D eigenvalue weighted by molar-refractivity contribution is 7.09. The number of hydrogen-bond acceptors (Lipinski definition) is 3. The van der Waals surface area contributed by atoms with Crippen LogP contribution in [0.25, 0.3) is 10.9 Å². The number of nitrogens with zero attached hydrogens (tertiary/aromatic N) is 2. The van der Waals surface area contributed by atoms with E-state index in [1.165, 1.54) is 21.3 Å². The third-order valence-electron chi connectivity index (χ3n) is 3.08. The molecule has 3 aromatic rings. The molecular weight excluding hydrogens is 242 g/mol. The Labute approximate surface area is 110 Å². The van der Waals surface area contributed by atoms with Gasteiger partial charge in [0.2, 0.25) is 0 Å². The quantitative estimate of drug-likeness (QED) is 0.779. The molecule has 0 fully saturated rings. The molecule has 0 spiro atoms. The maximum absolute atomic E-state index is 4.12. The predicted molar refractivity (Wildman–Crippen MR) is 75.9 cm³/mol. The summed E-state index contributed by atoms with van der Waals surface area (Å²) in [5.41, 5.74) is 4.52. The maximum Gasteiger partial charge on any atom is 0.0794 e. The molecule has 0 amide bonds. The first-order valence-corrected chi connectivity index (χ1v) is 6.85. The van der Waals surface area contributed by atoms with Crippen molar-refractivity contribution in [2.75, 3.05) is 7.05 Å². The van der Waals surface area contributed by atoms with E-state index in [2.05, 4.69) is 45.3 Å². The first kappa shape index (κ1) is 11.4. The topological polar surface area (TPSA) is 29.9 Å². The van der Waals surface area contributed by atoms with Gasteiger partial charge in [0.15, 0.2) is 0 Å². The van der Waals surface area contributed by atoms with Gasteiger partial charge in [0.1, 0.15) is 0 Å². The highest BCUT2D eigenvalue weighted by Crippen LogP contribution is 2.22. The zero-order valence-electron chi connectivity index (χ0n) is 10.3. The number of thiazole rings is 1. The molecule has 3 nitrogen and oxygen atoms in total. The van der Waals surface area contributed by atoms with Crippen molar-refractivity contribution in [3.8, 4) is 0 Å². The zero-order valence-corrected chi connectivity index (χ0v) is 11.1. The van der Waals surface area contributed by atoms with Crippen molar-refractivity contribution in [2.45, 2.75) is 13.1 Å². The molecule has 0 bridgehead atoms. The van der Waals surface area contributed by atoms with Crippen LogP contribution in [0.2, 0.25) is 0 Å². The third kappa shape index (κ3) is 2.05. The summed E-state index contributed by atoms with van der Waals surface area (Å²) in [6.45, 7) is 1.80. The predicted octanol–water partition coefficient (Wildman–Crippen LogP) is 2.87. The molecule has 2 aromatic heterocycles. The Morgan fingerprint density at radius 2 is 2.28 bits per heavy atom. The molecule has 1 aromatic carbocycles. The van der Waals surface area contributed by atoms with Gasteiger partial charge in [0.05, 0.1) is 12.1 Å². The fraction of sp³-hybridized carbons (Fsp3) is 0.214. The van der Waals surface area contributed by atoms with E-state index in [1.54, 1.807) is 11.3 Å². The molecule has 0 aliphatic heterocycles. The normalized spacial score (nSPS) is 11.2. The van der Waals surface area contributed by atoms with Crippen LogP contribution in [0, 0.1) is 0 Å². The molecule has 3 rings (SSSR count). The van der Waals surface area contributed by atoms with Gasteiger partial charge in [-0.1, -0.05) is 12.1 Å². The average molecular weight is 257 g/mol. The number of nitrogens with one attached hydrogen (secondary N) is 1. The lowest BCUT2D eigenvalue weighted by atomic mass is 10.1. The van der Waals surface area contributed by atoms with Gasteiger partial charge in [0.25, 0.3) is 0 Å². The van der Waals surface area contributed by atoms with Gasteiger partial charge in [0, 0.05) is 34.7 Å². The van der Waals surface area contributed by atoms with E-state index in [1.807, 2.05) is 18.8 Å². The summed E-state index contributed by atoms with van der Waals surface area (Å²) >= 11 is 1.70. The standard InChI is InChI=1S/C14H15N3S/c1-15-7-11-3-2-4-14-13(11)5-6-17(14)9-12-8-16-10-18-12/h2-6,8,10,15H,7,9H2,1H3. The van der Waals surface area contributed by atoms with E-state index in [-0.39, 0.29) is 0 Å². The molecule has 4 heteroatoms. The fourth-order valence-corrected chi connectivity index (χ4v) is 2.85. The summed E-state index contributed by atoms with van der Waals surface area (Å²) in [5, 5.41) is 4.54. The highest BCUT2D eigenvalue weighted by atomic mass is 32.1. The molecule has 0 saturated heterocycles. The number of hydrogen-bond donors (Lipinski definition) is 1. The zero-order chi connectivity index (χ0) is 12.4. The van der Waals surface area contributed by atoms with E-state index in [0.29, 0.717) is 0 Å². The minimum atomic E-state index is 0.900. The Balaban J connectivity index is 2.01. The van der Waals surface area contributed by atoms with Crippen LogP contribution < -0.4 is 5.32 Å². The summed E-state index contributed by atoms with van der Waals surface area (Å²) < 4.78 is 2.28. The molecule has 0 unspecified atom stereocenters. The molecule has 1 N–H and O–H groups in total. The van der Waals surface area contributed by atoms with Gasteiger partial charge in [-0.05, 0) is 24.7 Å². The van der Waals surface area contributed by atoms with E-state index >= 15 is 0 Å². The lowest BCUT2D eigenvalue weighted by Crippen LogP contribution is -2.05. The minimum absolute atomic E-state index is 0.900. The smallest absolute Gasteiger partial charge is 0.0794 e. The maximum atomic E-state index is 4.12. The summed E-state index contributed by atoms with van der Waals surface area (Å²) in [4.78, 5) is 5.41. The van der Waals surface area contributed by atoms with Crippen molar-refractivity contribution in [2.24, 2.45) is 0 Å². The number of benzene rings is 1. The van der Waals surface area contributed by atoms with Crippen molar-refractivity contribution in [1.29, 1.82) is 0 Å². The number of fused-ring (bicyclic) bond motifs is 1. The van der Waals surface area contributed by atoms with Crippen LogP contribution in [-0.4, -0.2) is 16.6 Å². The van der Waals surface area contributed by atoms with Crippen LogP contribution in [-0.2, 0) is 13.1 Å². The van der Waals surface area contributed by atoms with E-state index in [9.17, 15) is 0 Å². The van der Waals surface area contributed by atoms with Crippen molar-refractivity contribution >= 4 is 22.2 Å². The molecule has 0 aliphatic rings. The minimum Gasteiger partial charge on any atom is -0.342 e. The summed E-state index contributed by atoms with van der Waals surface area (Å²) in [6, 6.07) is 8.67. The average Bonchev–Trinajstić information content (AvgIpc) is 3.01. The molecule has 92 valence electrons. The van der Waals surface area contributed by atoms with Crippen LogP contribution >= 0.6 is 11.3 Å². The lowest BCUT2D eigenvalue weighted by Gasteiger charge is -2.05. The molecular formula is C14H15N3S. The van der Waals surface area contributed by atoms with Gasteiger partial charge in [-0.25, -0.2) is 0 Å². The Morgan fingerprint density at radius 3 is 3.06 bits per heavy atom. The first-order valence-electron chi connectivity index (χ1n) is 5.97. The van der Waals surface area contributed by atoms with Crippen LogP contribution in [0.1, 0.15) is 10.4 Å². The van der Waals surface area contributed by atoms with Crippen molar-refractivity contribution in [1.82, 2.24) is 14.9 Å². The molecule has 0 aliphatic carbocycles. The fourth-order valence-electron chi connectivity index (χ4n) is 2.26. The van der Waals surface area contributed by atoms with E-state index in [4.69, 9.17) is 0 Å². The third-order valence-corrected chi connectivity index (χ3v) is 3.85. The van der Waals surface area contributed by atoms with E-state index in [0.717, 1.165) is 13.1 Å². The van der Waals surface area contributed by atoms with Gasteiger partial charge in [-0.15, -0.1) is 11.3 Å². The Morgan fingerprint density at radius 1 is 1.33 bits per heavy atom.